The number of para-hydroxylation sites is 3. The lowest BCUT2D eigenvalue weighted by Crippen LogP contribution is -2.29. The number of hydrogen-bond acceptors (Lipinski definition) is 2. The summed E-state index contributed by atoms with van der Waals surface area (Å²) in [5.74, 6) is 0. The quantitative estimate of drug-likeness (QED) is 0.0750. The lowest BCUT2D eigenvalue weighted by atomic mass is 9.91. The second-order valence-corrected chi connectivity index (χ2v) is 15.5. The molecule has 0 aliphatic carbocycles. The van der Waals surface area contributed by atoms with Gasteiger partial charge in [0.1, 0.15) is 0 Å². The zero-order valence-electron chi connectivity index (χ0n) is 38.6. The van der Waals surface area contributed by atoms with Crippen LogP contribution in [0.25, 0.3) is 46.2 Å². The van der Waals surface area contributed by atoms with Gasteiger partial charge in [-0.25, -0.2) is 0 Å². The van der Waals surface area contributed by atoms with Crippen molar-refractivity contribution in [2.75, 3.05) is 16.3 Å². The molecule has 0 aliphatic heterocycles. The molecule has 0 unspecified atom stereocenters. The molecule has 6 rings (SSSR count). The Hall–Kier alpha value is -7.68. The van der Waals surface area contributed by atoms with Crippen molar-refractivity contribution in [3.05, 3.63) is 270 Å². The van der Waals surface area contributed by atoms with Gasteiger partial charge in [-0.2, -0.15) is 0 Å². The van der Waals surface area contributed by atoms with Gasteiger partial charge >= 0.3 is 0 Å². The van der Waals surface area contributed by atoms with E-state index < -0.39 is 0 Å². The average molecular weight is 847 g/mol. The fourth-order valence-electron chi connectivity index (χ4n) is 7.90. The topological polar surface area (TPSA) is 6.48 Å². The van der Waals surface area contributed by atoms with E-state index in [2.05, 4.69) is 232 Å². The van der Waals surface area contributed by atoms with Crippen LogP contribution in [0.3, 0.4) is 0 Å². The third-order valence-corrected chi connectivity index (χ3v) is 11.2. The van der Waals surface area contributed by atoms with E-state index in [1.807, 2.05) is 55.5 Å². The number of allylic oxidation sites excluding steroid dienone is 12. The Labute approximate surface area is 388 Å². The summed E-state index contributed by atoms with van der Waals surface area (Å²) in [4.78, 5) is 4.43. The molecule has 2 heteroatoms. The number of anilines is 3. The molecular weight excluding hydrogens is 785 g/mol. The molecule has 0 heterocycles. The Morgan fingerprint density at radius 2 is 1.17 bits per heavy atom. The van der Waals surface area contributed by atoms with E-state index in [-0.39, 0.29) is 0 Å². The van der Waals surface area contributed by atoms with E-state index in [0.29, 0.717) is 6.54 Å². The molecular formula is C63H62N2. The lowest BCUT2D eigenvalue weighted by molar-refractivity contribution is 1.04. The summed E-state index contributed by atoms with van der Waals surface area (Å²) in [7, 11) is 0. The van der Waals surface area contributed by atoms with Crippen LogP contribution < -0.4 is 20.2 Å². The summed E-state index contributed by atoms with van der Waals surface area (Å²) in [6.07, 6.45) is 33.8. The molecule has 0 aromatic heterocycles. The number of rotatable bonds is 19. The van der Waals surface area contributed by atoms with E-state index in [9.17, 15) is 0 Å². The van der Waals surface area contributed by atoms with Crippen LogP contribution in [-0.2, 0) is 0 Å². The van der Waals surface area contributed by atoms with Crippen LogP contribution in [0.1, 0.15) is 51.7 Å². The number of nitrogens with zero attached hydrogens (tertiary/aromatic N) is 2. The van der Waals surface area contributed by atoms with Gasteiger partial charge in [0.05, 0.1) is 0 Å². The zero-order chi connectivity index (χ0) is 45.8. The van der Waals surface area contributed by atoms with E-state index in [1.54, 1.807) is 0 Å². The Bertz CT molecular complexity index is 2880. The van der Waals surface area contributed by atoms with Crippen LogP contribution >= 0.6 is 0 Å². The van der Waals surface area contributed by atoms with Crippen molar-refractivity contribution in [1.82, 2.24) is 0 Å². The van der Waals surface area contributed by atoms with Gasteiger partial charge < -0.3 is 9.80 Å². The van der Waals surface area contributed by atoms with Crippen molar-refractivity contribution in [3.8, 4) is 11.1 Å². The normalized spacial score (nSPS) is 13.0. The Morgan fingerprint density at radius 1 is 0.569 bits per heavy atom. The Kier molecular flexibility index (Phi) is 17.5. The minimum atomic E-state index is 0.713. The van der Waals surface area contributed by atoms with Gasteiger partial charge in [-0.1, -0.05) is 210 Å². The summed E-state index contributed by atoms with van der Waals surface area (Å²) in [5.41, 5.74) is 12.0. The van der Waals surface area contributed by atoms with Crippen molar-refractivity contribution in [1.29, 1.82) is 0 Å². The van der Waals surface area contributed by atoms with Crippen molar-refractivity contribution in [3.63, 3.8) is 0 Å². The average Bonchev–Trinajstić information content (AvgIpc) is 3.35. The molecule has 6 aromatic rings. The second kappa shape index (κ2) is 24.2. The number of benzene rings is 6. The highest BCUT2D eigenvalue weighted by Gasteiger charge is 2.13. The standard InChI is InChI=1S/C63H62N2/c1-8-13-14-26-48-64(55-28-18-15-19-29-55)50(7)38-36-49(6)37-41-52-43-46-62(60(27-9-2)58(52)12-5)63-47-44-53(59-34-24-25-35-61(59)63)42-39-51(10-3)40-45-54(11-4)65(56-30-20-16-21-31-56)57-32-22-17-23-33-57/h8,11-47H,4,6-7,9-10,48H2,1-3,5H3/b13-8-,26-14-,38-36-,41-37+,42-39+,51-40+,54-45+,58-12-,60-27+. The van der Waals surface area contributed by atoms with Gasteiger partial charge in [-0.05, 0) is 136 Å². The molecule has 0 saturated heterocycles. The minimum Gasteiger partial charge on any atom is -0.338 e. The fourth-order valence-corrected chi connectivity index (χ4v) is 7.90. The van der Waals surface area contributed by atoms with E-state index >= 15 is 0 Å². The molecule has 0 saturated carbocycles. The second-order valence-electron chi connectivity index (χ2n) is 15.5. The van der Waals surface area contributed by atoms with Crippen LogP contribution in [0.5, 0.6) is 0 Å². The van der Waals surface area contributed by atoms with Gasteiger partial charge in [0, 0.05) is 35.0 Å². The molecule has 0 aliphatic rings. The van der Waals surface area contributed by atoms with Crippen molar-refractivity contribution < 1.29 is 0 Å². The van der Waals surface area contributed by atoms with Crippen LogP contribution in [0.4, 0.5) is 17.1 Å². The molecule has 0 atom stereocenters. The Morgan fingerprint density at radius 3 is 1.78 bits per heavy atom. The van der Waals surface area contributed by atoms with Crippen molar-refractivity contribution >= 4 is 52.1 Å². The van der Waals surface area contributed by atoms with E-state index in [1.165, 1.54) is 43.5 Å². The van der Waals surface area contributed by atoms with Gasteiger partial charge in [-0.3, -0.25) is 0 Å². The van der Waals surface area contributed by atoms with Gasteiger partial charge in [-0.15, -0.1) is 0 Å². The number of fused-ring (bicyclic) bond motifs is 1. The van der Waals surface area contributed by atoms with E-state index in [4.69, 9.17) is 0 Å². The largest absolute Gasteiger partial charge is 0.338 e. The summed E-state index contributed by atoms with van der Waals surface area (Å²) < 4.78 is 0. The highest BCUT2D eigenvalue weighted by Crippen LogP contribution is 2.32. The Balaban J connectivity index is 1.28. The molecule has 0 N–H and O–H groups in total. The highest BCUT2D eigenvalue weighted by molar-refractivity contribution is 6.01. The van der Waals surface area contributed by atoms with Crippen LogP contribution in [0.15, 0.2) is 249 Å². The predicted octanol–water partition coefficient (Wildman–Crippen LogP) is 16.0. The summed E-state index contributed by atoms with van der Waals surface area (Å²) in [6.45, 7) is 22.3. The summed E-state index contributed by atoms with van der Waals surface area (Å²) in [6, 6.07) is 49.1. The predicted molar refractivity (Wildman–Crippen MR) is 288 cm³/mol. The molecule has 0 spiro atoms. The monoisotopic (exact) mass is 846 g/mol. The summed E-state index contributed by atoms with van der Waals surface area (Å²) in [5, 5.41) is 4.89. The zero-order valence-corrected chi connectivity index (χ0v) is 38.6. The maximum Gasteiger partial charge on any atom is 0.0461 e. The van der Waals surface area contributed by atoms with Gasteiger partial charge in [0.2, 0.25) is 0 Å². The first-order valence-electron chi connectivity index (χ1n) is 22.7. The SMILES string of the molecule is C=C\C(=C/C=C(/C=C/c1ccc(-c2ccc(/C=C/C(=C)/C=C\C(=C)N(C/C=C\C=C/C)c3ccccc3)c(=C/C)/c2=C\CC)c2ccccc12)CC)N(c1ccccc1)c1ccccc1. The molecule has 0 bridgehead atoms. The lowest BCUT2D eigenvalue weighted by Gasteiger charge is -2.26. The summed E-state index contributed by atoms with van der Waals surface area (Å²) >= 11 is 0. The third-order valence-electron chi connectivity index (χ3n) is 11.2. The molecule has 6 aromatic carbocycles. The van der Waals surface area contributed by atoms with E-state index in [0.717, 1.165) is 52.4 Å². The first kappa shape index (κ1) is 46.8. The maximum absolute atomic E-state index is 4.41. The first-order valence-corrected chi connectivity index (χ1v) is 22.7. The van der Waals surface area contributed by atoms with Gasteiger partial charge in [0.25, 0.3) is 0 Å². The fraction of sp³-hybridized carbons (Fsp3) is 0.111. The highest BCUT2D eigenvalue weighted by atomic mass is 15.1. The van der Waals surface area contributed by atoms with Crippen LogP contribution in [-0.4, -0.2) is 6.54 Å². The van der Waals surface area contributed by atoms with Gasteiger partial charge in [0.15, 0.2) is 0 Å². The molecule has 65 heavy (non-hydrogen) atoms. The molecule has 0 radical (unpaired) electrons. The molecule has 0 amide bonds. The molecule has 324 valence electrons. The maximum atomic E-state index is 4.41. The smallest absolute Gasteiger partial charge is 0.0461 e. The number of hydrogen-bond donors (Lipinski definition) is 0. The van der Waals surface area contributed by atoms with Crippen molar-refractivity contribution in [2.24, 2.45) is 0 Å². The first-order chi connectivity index (χ1) is 31.9. The molecule has 0 fully saturated rings. The van der Waals surface area contributed by atoms with Crippen LogP contribution in [0, 0.1) is 0 Å². The van der Waals surface area contributed by atoms with Crippen LogP contribution in [0.2, 0.25) is 0 Å². The molecule has 2 nitrogen and oxygen atoms in total. The third kappa shape index (κ3) is 12.3. The minimum absolute atomic E-state index is 0.713. The van der Waals surface area contributed by atoms with Crippen molar-refractivity contribution in [2.45, 2.75) is 40.5 Å².